The molecule has 6 heteroatoms. The molecule has 1 amide bonds. The number of ether oxygens (including phenoxy) is 1. The summed E-state index contributed by atoms with van der Waals surface area (Å²) in [5.74, 6) is 0.0675. The van der Waals surface area contributed by atoms with Crippen LogP contribution in [0.1, 0.15) is 21.7 Å². The predicted octanol–water partition coefficient (Wildman–Crippen LogP) is 2.45. The minimum absolute atomic E-state index is 0.0482. The molecule has 0 bridgehead atoms. The molecule has 128 valence electrons. The van der Waals surface area contributed by atoms with Crippen LogP contribution in [0.5, 0.6) is 0 Å². The van der Waals surface area contributed by atoms with E-state index < -0.39 is 0 Å². The predicted molar refractivity (Wildman–Crippen MR) is 94.1 cm³/mol. The van der Waals surface area contributed by atoms with Crippen molar-refractivity contribution in [2.24, 2.45) is 0 Å². The number of rotatable bonds is 5. The summed E-state index contributed by atoms with van der Waals surface area (Å²) in [5.41, 5.74) is 3.13. The number of aryl methyl sites for hydroxylation is 1. The molecular weight excluding hydrogens is 318 g/mol. The van der Waals surface area contributed by atoms with Crippen molar-refractivity contribution in [3.05, 3.63) is 65.5 Å². The molecule has 0 saturated carbocycles. The molecule has 1 aromatic heterocycles. The Balaban J connectivity index is 1.85. The zero-order chi connectivity index (χ0) is 17.8. The van der Waals surface area contributed by atoms with Crippen molar-refractivity contribution in [1.82, 2.24) is 14.9 Å². The van der Waals surface area contributed by atoms with Crippen LogP contribution in [0.2, 0.25) is 0 Å². The number of methoxy groups -OCH3 is 1. The number of nitrogens with one attached hydrogen (secondary N) is 1. The summed E-state index contributed by atoms with van der Waals surface area (Å²) >= 11 is 0. The van der Waals surface area contributed by atoms with E-state index in [1.807, 2.05) is 49.4 Å². The van der Waals surface area contributed by atoms with Gasteiger partial charge in [-0.2, -0.15) is 0 Å². The normalized spacial score (nSPS) is 10.6. The Hall–Kier alpha value is -3.15. The van der Waals surface area contributed by atoms with Crippen molar-refractivity contribution in [2.45, 2.75) is 20.0 Å². The van der Waals surface area contributed by atoms with Gasteiger partial charge in [-0.3, -0.25) is 9.59 Å². The number of para-hydroxylation sites is 2. The molecule has 0 atom stereocenters. The van der Waals surface area contributed by atoms with Gasteiger partial charge in [-0.05, 0) is 30.7 Å². The van der Waals surface area contributed by atoms with E-state index in [2.05, 4.69) is 10.3 Å². The zero-order valence-electron chi connectivity index (χ0n) is 14.2. The average molecular weight is 337 g/mol. The monoisotopic (exact) mass is 337 g/mol. The molecule has 0 fully saturated rings. The minimum Gasteiger partial charge on any atom is -0.468 e. The van der Waals surface area contributed by atoms with Gasteiger partial charge in [0.25, 0.3) is 5.91 Å². The fourth-order valence-electron chi connectivity index (χ4n) is 2.71. The summed E-state index contributed by atoms with van der Waals surface area (Å²) in [7, 11) is 1.35. The van der Waals surface area contributed by atoms with Crippen LogP contribution in [0.15, 0.2) is 48.5 Å². The summed E-state index contributed by atoms with van der Waals surface area (Å²) in [6.45, 7) is 2.16. The molecule has 1 heterocycles. The quantitative estimate of drug-likeness (QED) is 0.726. The van der Waals surface area contributed by atoms with Crippen LogP contribution in [0.4, 0.5) is 0 Å². The van der Waals surface area contributed by atoms with Crippen LogP contribution in [-0.4, -0.2) is 28.5 Å². The van der Waals surface area contributed by atoms with Crippen LogP contribution >= 0.6 is 0 Å². The third-order valence-electron chi connectivity index (χ3n) is 4.05. The van der Waals surface area contributed by atoms with Gasteiger partial charge in [-0.1, -0.05) is 30.3 Å². The maximum absolute atomic E-state index is 12.4. The number of fused-ring (bicyclic) bond motifs is 1. The summed E-state index contributed by atoms with van der Waals surface area (Å²) in [5, 5.41) is 2.87. The number of hydrogen-bond donors (Lipinski definition) is 1. The Morgan fingerprint density at radius 3 is 2.60 bits per heavy atom. The summed E-state index contributed by atoms with van der Waals surface area (Å²) < 4.78 is 6.53. The molecule has 3 aromatic rings. The Morgan fingerprint density at radius 2 is 1.84 bits per heavy atom. The topological polar surface area (TPSA) is 73.2 Å². The molecular formula is C19H19N3O3. The molecule has 25 heavy (non-hydrogen) atoms. The van der Waals surface area contributed by atoms with E-state index in [1.165, 1.54) is 7.11 Å². The number of imidazole rings is 1. The number of benzene rings is 2. The molecule has 0 aliphatic heterocycles. The first-order valence-electron chi connectivity index (χ1n) is 7.95. The Labute approximate surface area is 145 Å². The lowest BCUT2D eigenvalue weighted by Crippen LogP contribution is -2.26. The van der Waals surface area contributed by atoms with Crippen molar-refractivity contribution in [2.75, 3.05) is 7.11 Å². The minimum atomic E-state index is -0.366. The first kappa shape index (κ1) is 16.7. The maximum Gasteiger partial charge on any atom is 0.325 e. The summed E-state index contributed by atoms with van der Waals surface area (Å²) in [4.78, 5) is 28.7. The molecule has 0 aliphatic rings. The first-order chi connectivity index (χ1) is 12.1. The van der Waals surface area contributed by atoms with Crippen LogP contribution < -0.4 is 5.32 Å². The number of esters is 1. The van der Waals surface area contributed by atoms with Crippen LogP contribution in [0.3, 0.4) is 0 Å². The highest BCUT2D eigenvalue weighted by Crippen LogP contribution is 2.16. The molecule has 0 aliphatic carbocycles. The van der Waals surface area contributed by atoms with E-state index in [1.54, 1.807) is 10.6 Å². The molecule has 0 saturated heterocycles. The number of carbonyl (C=O) groups excluding carboxylic acids is 2. The SMILES string of the molecule is COC(=O)Cn1c(CNC(=O)c2ccccc2C)nc2ccccc21. The standard InChI is InChI=1S/C19H19N3O3/c1-13-7-3-4-8-14(13)19(24)20-11-17-21-15-9-5-6-10-16(15)22(17)12-18(23)25-2/h3-10H,11-12H2,1-2H3,(H,20,24). The van der Waals surface area contributed by atoms with E-state index in [0.717, 1.165) is 16.6 Å². The molecule has 3 rings (SSSR count). The van der Waals surface area contributed by atoms with E-state index in [-0.39, 0.29) is 25.0 Å². The van der Waals surface area contributed by atoms with Crippen molar-refractivity contribution in [1.29, 1.82) is 0 Å². The highest BCUT2D eigenvalue weighted by atomic mass is 16.5. The van der Waals surface area contributed by atoms with E-state index >= 15 is 0 Å². The largest absolute Gasteiger partial charge is 0.468 e. The molecule has 1 N–H and O–H groups in total. The smallest absolute Gasteiger partial charge is 0.325 e. The number of hydrogen-bond acceptors (Lipinski definition) is 4. The molecule has 2 aromatic carbocycles. The molecule has 0 spiro atoms. The lowest BCUT2D eigenvalue weighted by Gasteiger charge is -2.10. The lowest BCUT2D eigenvalue weighted by molar-refractivity contribution is -0.141. The number of aromatic nitrogens is 2. The second-order valence-electron chi connectivity index (χ2n) is 5.68. The van der Waals surface area contributed by atoms with Gasteiger partial charge in [0.05, 0.1) is 24.7 Å². The van der Waals surface area contributed by atoms with Gasteiger partial charge in [-0.15, -0.1) is 0 Å². The van der Waals surface area contributed by atoms with E-state index in [4.69, 9.17) is 4.74 Å². The van der Waals surface area contributed by atoms with Crippen molar-refractivity contribution in [3.8, 4) is 0 Å². The fourth-order valence-corrected chi connectivity index (χ4v) is 2.71. The van der Waals surface area contributed by atoms with Crippen LogP contribution in [0.25, 0.3) is 11.0 Å². The van der Waals surface area contributed by atoms with Crippen molar-refractivity contribution in [3.63, 3.8) is 0 Å². The van der Waals surface area contributed by atoms with Gasteiger partial charge >= 0.3 is 5.97 Å². The Kier molecular flexibility index (Phi) is 4.79. The number of nitrogens with zero attached hydrogens (tertiary/aromatic N) is 2. The van der Waals surface area contributed by atoms with Gasteiger partial charge in [0.1, 0.15) is 12.4 Å². The number of amides is 1. The third kappa shape index (κ3) is 3.52. The Morgan fingerprint density at radius 1 is 1.12 bits per heavy atom. The molecule has 6 nitrogen and oxygen atoms in total. The summed E-state index contributed by atoms with van der Waals surface area (Å²) in [6.07, 6.45) is 0. The van der Waals surface area contributed by atoms with Gasteiger partial charge in [0.2, 0.25) is 0 Å². The van der Waals surface area contributed by atoms with Gasteiger partial charge in [-0.25, -0.2) is 4.98 Å². The molecule has 0 radical (unpaired) electrons. The second kappa shape index (κ2) is 7.17. The number of carbonyl (C=O) groups is 2. The maximum atomic E-state index is 12.4. The van der Waals surface area contributed by atoms with Gasteiger partial charge in [0, 0.05) is 5.56 Å². The third-order valence-corrected chi connectivity index (χ3v) is 4.05. The Bertz CT molecular complexity index is 931. The fraction of sp³-hybridized carbons (Fsp3) is 0.211. The van der Waals surface area contributed by atoms with Crippen LogP contribution in [0, 0.1) is 6.92 Å². The second-order valence-corrected chi connectivity index (χ2v) is 5.68. The van der Waals surface area contributed by atoms with Crippen molar-refractivity contribution < 1.29 is 14.3 Å². The van der Waals surface area contributed by atoms with E-state index in [9.17, 15) is 9.59 Å². The average Bonchev–Trinajstić information content (AvgIpc) is 2.97. The van der Waals surface area contributed by atoms with E-state index in [0.29, 0.717) is 11.4 Å². The first-order valence-corrected chi connectivity index (χ1v) is 7.95. The highest BCUT2D eigenvalue weighted by molar-refractivity contribution is 5.95. The lowest BCUT2D eigenvalue weighted by atomic mass is 10.1. The molecule has 0 unspecified atom stereocenters. The van der Waals surface area contributed by atoms with Gasteiger partial charge in [0.15, 0.2) is 0 Å². The zero-order valence-corrected chi connectivity index (χ0v) is 14.2. The van der Waals surface area contributed by atoms with Crippen molar-refractivity contribution >= 4 is 22.9 Å². The summed E-state index contributed by atoms with van der Waals surface area (Å²) in [6, 6.07) is 14.9. The van der Waals surface area contributed by atoms with Crippen LogP contribution in [-0.2, 0) is 22.6 Å². The van der Waals surface area contributed by atoms with Gasteiger partial charge < -0.3 is 14.6 Å². The highest BCUT2D eigenvalue weighted by Gasteiger charge is 2.15.